The largest absolute Gasteiger partial charge is 0.469 e. The molecule has 17 heavy (non-hydrogen) atoms. The van der Waals surface area contributed by atoms with Gasteiger partial charge in [-0.3, -0.25) is 4.98 Å². The predicted molar refractivity (Wildman–Crippen MR) is 72.4 cm³/mol. The number of hydrogen-bond donors (Lipinski definition) is 0. The Morgan fingerprint density at radius 2 is 2.06 bits per heavy atom. The van der Waals surface area contributed by atoms with Crippen LogP contribution in [-0.4, -0.2) is 9.81 Å². The molecule has 0 aliphatic rings. The number of halogens is 1. The third-order valence-corrected chi connectivity index (χ3v) is 4.27. The van der Waals surface area contributed by atoms with Crippen molar-refractivity contribution in [3.8, 4) is 0 Å². The molecule has 0 bridgehead atoms. The summed E-state index contributed by atoms with van der Waals surface area (Å²) in [5.74, 6) is 1.53. The zero-order valence-corrected chi connectivity index (χ0v) is 11.4. The number of rotatable bonds is 5. The lowest BCUT2D eigenvalue weighted by Crippen LogP contribution is -2.10. The van der Waals surface area contributed by atoms with Gasteiger partial charge in [0.25, 0.3) is 0 Å². The summed E-state index contributed by atoms with van der Waals surface area (Å²) in [6.07, 6.45) is 7.45. The normalized spacial score (nSPS) is 14.5. The average molecular weight is 294 g/mol. The molecular weight excluding hydrogens is 278 g/mol. The number of furan rings is 1. The molecule has 0 spiro atoms. The summed E-state index contributed by atoms with van der Waals surface area (Å²) in [7, 11) is 0. The monoisotopic (exact) mass is 293 g/mol. The van der Waals surface area contributed by atoms with E-state index < -0.39 is 0 Å². The number of alkyl halides is 1. The molecule has 0 radical (unpaired) electrons. The van der Waals surface area contributed by atoms with Crippen LogP contribution < -0.4 is 0 Å². The van der Waals surface area contributed by atoms with Gasteiger partial charge in [-0.1, -0.05) is 22.9 Å². The van der Waals surface area contributed by atoms with E-state index in [1.165, 1.54) is 5.56 Å². The average Bonchev–Trinajstić information content (AvgIpc) is 2.89. The van der Waals surface area contributed by atoms with Crippen LogP contribution in [0.25, 0.3) is 0 Å². The Balaban J connectivity index is 1.89. The molecule has 3 heteroatoms. The van der Waals surface area contributed by atoms with Gasteiger partial charge >= 0.3 is 0 Å². The lowest BCUT2D eigenvalue weighted by molar-refractivity contribution is 0.495. The van der Waals surface area contributed by atoms with Gasteiger partial charge in [0.2, 0.25) is 0 Å². The van der Waals surface area contributed by atoms with Crippen molar-refractivity contribution < 1.29 is 4.42 Å². The zero-order chi connectivity index (χ0) is 12.1. The third kappa shape index (κ3) is 3.43. The highest BCUT2D eigenvalue weighted by atomic mass is 79.9. The molecule has 2 atom stereocenters. The molecule has 2 aromatic heterocycles. The Hall–Kier alpha value is -1.09. The second-order valence-corrected chi connectivity index (χ2v) is 5.38. The van der Waals surface area contributed by atoms with Crippen LogP contribution in [0.4, 0.5) is 0 Å². The second kappa shape index (κ2) is 6.01. The minimum atomic E-state index is 0.454. The summed E-state index contributed by atoms with van der Waals surface area (Å²) in [4.78, 5) is 4.50. The van der Waals surface area contributed by atoms with Crippen molar-refractivity contribution in [3.05, 3.63) is 54.2 Å². The lowest BCUT2D eigenvalue weighted by atomic mass is 9.96. The summed E-state index contributed by atoms with van der Waals surface area (Å²) in [6.45, 7) is 2.23. The highest BCUT2D eigenvalue weighted by Gasteiger charge is 2.16. The van der Waals surface area contributed by atoms with Crippen molar-refractivity contribution in [1.29, 1.82) is 0 Å². The topological polar surface area (TPSA) is 26.0 Å². The number of aryl methyl sites for hydroxylation is 1. The van der Waals surface area contributed by atoms with Crippen molar-refractivity contribution in [2.45, 2.75) is 30.5 Å². The fourth-order valence-corrected chi connectivity index (χ4v) is 2.39. The molecule has 2 aromatic rings. The van der Waals surface area contributed by atoms with E-state index in [1.54, 1.807) is 6.26 Å². The van der Waals surface area contributed by atoms with Gasteiger partial charge in [-0.2, -0.15) is 0 Å². The molecule has 90 valence electrons. The van der Waals surface area contributed by atoms with Crippen molar-refractivity contribution in [1.82, 2.24) is 4.98 Å². The maximum atomic E-state index is 5.34. The minimum absolute atomic E-state index is 0.454. The van der Waals surface area contributed by atoms with Crippen LogP contribution in [0.1, 0.15) is 30.6 Å². The Kier molecular flexibility index (Phi) is 4.37. The van der Waals surface area contributed by atoms with Crippen LogP contribution in [0.3, 0.4) is 0 Å². The highest BCUT2D eigenvalue weighted by Crippen LogP contribution is 2.27. The molecule has 0 fully saturated rings. The zero-order valence-electron chi connectivity index (χ0n) is 9.84. The van der Waals surface area contributed by atoms with Gasteiger partial charge in [0, 0.05) is 23.6 Å². The van der Waals surface area contributed by atoms with Gasteiger partial charge in [-0.05, 0) is 42.2 Å². The SMILES string of the molecule is CC(c1ccncc1)C(Br)CCc1ccco1. The van der Waals surface area contributed by atoms with Crippen molar-refractivity contribution >= 4 is 15.9 Å². The molecule has 0 saturated carbocycles. The Morgan fingerprint density at radius 1 is 1.29 bits per heavy atom. The first-order valence-corrected chi connectivity index (χ1v) is 6.75. The molecule has 2 rings (SSSR count). The van der Waals surface area contributed by atoms with Crippen LogP contribution in [0.15, 0.2) is 47.3 Å². The van der Waals surface area contributed by atoms with E-state index in [-0.39, 0.29) is 0 Å². The summed E-state index contributed by atoms with van der Waals surface area (Å²) in [5.41, 5.74) is 1.32. The van der Waals surface area contributed by atoms with Crippen molar-refractivity contribution in [2.24, 2.45) is 0 Å². The third-order valence-electron chi connectivity index (χ3n) is 3.02. The fourth-order valence-electron chi connectivity index (χ4n) is 1.86. The Labute approximate surface area is 110 Å². The molecule has 0 aliphatic carbocycles. The van der Waals surface area contributed by atoms with Crippen LogP contribution >= 0.6 is 15.9 Å². The summed E-state index contributed by atoms with van der Waals surface area (Å²) < 4.78 is 5.34. The molecule has 0 N–H and O–H groups in total. The maximum Gasteiger partial charge on any atom is 0.103 e. The molecule has 2 nitrogen and oxygen atoms in total. The van der Waals surface area contributed by atoms with Gasteiger partial charge in [0.1, 0.15) is 5.76 Å². The highest BCUT2D eigenvalue weighted by molar-refractivity contribution is 9.09. The first-order valence-electron chi connectivity index (χ1n) is 5.83. The molecule has 0 aliphatic heterocycles. The molecule has 0 amide bonds. The summed E-state index contributed by atoms with van der Waals surface area (Å²) in [6, 6.07) is 8.11. The molecule has 2 unspecified atom stereocenters. The van der Waals surface area contributed by atoms with Crippen molar-refractivity contribution in [3.63, 3.8) is 0 Å². The first kappa shape index (κ1) is 12.4. The van der Waals surface area contributed by atoms with Gasteiger partial charge in [0.15, 0.2) is 0 Å². The van der Waals surface area contributed by atoms with E-state index in [0.717, 1.165) is 18.6 Å². The fraction of sp³-hybridized carbons (Fsp3) is 0.357. The standard InChI is InChI=1S/C14H16BrNO/c1-11(12-6-8-16-9-7-12)14(15)5-4-13-3-2-10-17-13/h2-3,6-11,14H,4-5H2,1H3. The predicted octanol–water partition coefficient (Wildman–Crippen LogP) is 4.17. The first-order chi connectivity index (χ1) is 8.27. The van der Waals surface area contributed by atoms with E-state index >= 15 is 0 Å². The minimum Gasteiger partial charge on any atom is -0.469 e. The number of nitrogens with zero attached hydrogens (tertiary/aromatic N) is 1. The Morgan fingerprint density at radius 3 is 2.71 bits per heavy atom. The number of pyridine rings is 1. The van der Waals surface area contributed by atoms with Gasteiger partial charge < -0.3 is 4.42 Å². The van der Waals surface area contributed by atoms with Crippen LogP contribution in [-0.2, 0) is 6.42 Å². The lowest BCUT2D eigenvalue weighted by Gasteiger charge is -2.18. The Bertz CT molecular complexity index is 427. The van der Waals surface area contributed by atoms with Gasteiger partial charge in [-0.25, -0.2) is 0 Å². The number of hydrogen-bond acceptors (Lipinski definition) is 2. The van der Waals surface area contributed by atoms with Crippen LogP contribution in [0, 0.1) is 0 Å². The summed E-state index contributed by atoms with van der Waals surface area (Å²) >= 11 is 3.76. The quantitative estimate of drug-likeness (QED) is 0.773. The van der Waals surface area contributed by atoms with Gasteiger partial charge in [0.05, 0.1) is 6.26 Å². The second-order valence-electron chi connectivity index (χ2n) is 4.20. The van der Waals surface area contributed by atoms with Crippen molar-refractivity contribution in [2.75, 3.05) is 0 Å². The molecular formula is C14H16BrNO. The van der Waals surface area contributed by atoms with E-state index in [9.17, 15) is 0 Å². The smallest absolute Gasteiger partial charge is 0.103 e. The molecule has 2 heterocycles. The van der Waals surface area contributed by atoms with E-state index in [1.807, 2.05) is 24.5 Å². The number of aromatic nitrogens is 1. The van der Waals surface area contributed by atoms with E-state index in [0.29, 0.717) is 10.7 Å². The summed E-state index contributed by atoms with van der Waals surface area (Å²) in [5, 5.41) is 0. The maximum absolute atomic E-state index is 5.34. The van der Waals surface area contributed by atoms with Gasteiger partial charge in [-0.15, -0.1) is 0 Å². The molecule has 0 aromatic carbocycles. The molecule has 0 saturated heterocycles. The van der Waals surface area contributed by atoms with Crippen LogP contribution in [0.5, 0.6) is 0 Å². The van der Waals surface area contributed by atoms with E-state index in [4.69, 9.17) is 4.42 Å². The van der Waals surface area contributed by atoms with E-state index in [2.05, 4.69) is 40.0 Å². The van der Waals surface area contributed by atoms with Crippen LogP contribution in [0.2, 0.25) is 0 Å².